The van der Waals surface area contributed by atoms with Crippen LogP contribution in [-0.2, 0) is 0 Å². The van der Waals surface area contributed by atoms with E-state index in [9.17, 15) is 4.79 Å². The zero-order chi connectivity index (χ0) is 27.5. The first-order valence-electron chi connectivity index (χ1n) is 13.5. The van der Waals surface area contributed by atoms with E-state index in [0.29, 0.717) is 45.9 Å². The largest absolute Gasteiger partial charge is 0.343 e. The third-order valence-corrected chi connectivity index (χ3v) is 8.14. The molecule has 0 aliphatic carbocycles. The standard InChI is InChI=1S/C33H16N8O.CH4/c42-33-40-29-21-13-5-6-14-22(21)31(40)38-27-19-11-3-4-12-20(19)28(35-27)39-32-24-16-8-7-15-23(24)30(41(32)33)37-26-18-10-2-1-9-17(18)25(34-26)36-29;/h1-16H;1H4. The fourth-order valence-electron chi connectivity index (χ4n) is 6.26. The van der Waals surface area contributed by atoms with E-state index >= 15 is 0 Å². The first-order valence-corrected chi connectivity index (χ1v) is 13.5. The van der Waals surface area contributed by atoms with Crippen molar-refractivity contribution >= 4 is 44.1 Å². The highest BCUT2D eigenvalue weighted by atomic mass is 16.1. The van der Waals surface area contributed by atoms with Gasteiger partial charge >= 0.3 is 5.69 Å². The summed E-state index contributed by atoms with van der Waals surface area (Å²) in [6.45, 7) is 0. The molecule has 10 rings (SSSR count). The van der Waals surface area contributed by atoms with Crippen LogP contribution < -0.4 is 5.69 Å². The normalized spacial score (nSPS) is 12.1. The summed E-state index contributed by atoms with van der Waals surface area (Å²) in [7, 11) is 0. The highest BCUT2D eigenvalue weighted by Crippen LogP contribution is 2.37. The van der Waals surface area contributed by atoms with E-state index in [0.717, 1.165) is 43.8 Å². The molecule has 8 aromatic rings. The van der Waals surface area contributed by atoms with Crippen LogP contribution in [0.5, 0.6) is 0 Å². The van der Waals surface area contributed by atoms with Gasteiger partial charge in [-0.25, -0.2) is 43.5 Å². The van der Waals surface area contributed by atoms with Crippen molar-refractivity contribution in [2.24, 2.45) is 0 Å². The maximum Gasteiger partial charge on any atom is 0.343 e. The third kappa shape index (κ3) is 2.97. The third-order valence-electron chi connectivity index (χ3n) is 8.14. The zero-order valence-corrected chi connectivity index (χ0v) is 21.7. The molecule has 0 atom stereocenters. The summed E-state index contributed by atoms with van der Waals surface area (Å²) in [4.78, 5) is 45.0. The Bertz CT molecular complexity index is 2330. The fraction of sp³-hybridized carbons (Fsp3) is 0.0294. The Morgan fingerprint density at radius 1 is 0.372 bits per heavy atom. The van der Waals surface area contributed by atoms with Crippen LogP contribution in [0.2, 0.25) is 0 Å². The van der Waals surface area contributed by atoms with Gasteiger partial charge in [-0.2, -0.15) is 0 Å². The monoisotopic (exact) mass is 556 g/mol. The number of hydrogen-bond acceptors (Lipinski definition) is 7. The van der Waals surface area contributed by atoms with Crippen molar-refractivity contribution in [3.05, 3.63) is 108 Å². The molecule has 0 N–H and O–H groups in total. The van der Waals surface area contributed by atoms with Gasteiger partial charge in [-0.15, -0.1) is 0 Å². The van der Waals surface area contributed by atoms with Gasteiger partial charge in [-0.05, 0) is 0 Å². The molecule has 0 spiro atoms. The average Bonchev–Trinajstić information content (AvgIpc) is 3.74. The van der Waals surface area contributed by atoms with Gasteiger partial charge in [0.2, 0.25) is 0 Å². The van der Waals surface area contributed by atoms with E-state index < -0.39 is 0 Å². The zero-order valence-electron chi connectivity index (χ0n) is 21.7. The van der Waals surface area contributed by atoms with E-state index in [-0.39, 0.29) is 13.1 Å². The summed E-state index contributed by atoms with van der Waals surface area (Å²) in [5.41, 5.74) is 4.80. The Labute approximate surface area is 243 Å². The molecule has 6 heterocycles. The van der Waals surface area contributed by atoms with E-state index in [1.807, 2.05) is 97.1 Å². The topological polar surface area (TPSA) is 103 Å². The summed E-state index contributed by atoms with van der Waals surface area (Å²) in [6, 6.07) is 31.3. The number of fused-ring (bicyclic) bond motifs is 16. The molecular formula is C34H20N8O. The number of nitrogens with zero attached hydrogens (tertiary/aromatic N) is 8. The Morgan fingerprint density at radius 3 is 0.907 bits per heavy atom. The van der Waals surface area contributed by atoms with Gasteiger partial charge in [0, 0.05) is 43.8 Å². The number of rotatable bonds is 0. The van der Waals surface area contributed by atoms with Crippen LogP contribution in [0.4, 0.5) is 0 Å². The molecule has 2 aliphatic heterocycles. The molecule has 6 bridgehead atoms. The maximum absolute atomic E-state index is 15.0. The molecule has 9 heteroatoms. The predicted octanol–water partition coefficient (Wildman–Crippen LogP) is 6.44. The summed E-state index contributed by atoms with van der Waals surface area (Å²) in [6.07, 6.45) is 0. The lowest BCUT2D eigenvalue weighted by atomic mass is 10.1. The molecule has 2 aliphatic rings. The molecule has 0 saturated heterocycles. The van der Waals surface area contributed by atoms with E-state index in [1.165, 1.54) is 0 Å². The molecule has 43 heavy (non-hydrogen) atoms. The van der Waals surface area contributed by atoms with Crippen LogP contribution in [0, 0.1) is 0 Å². The highest BCUT2D eigenvalue weighted by Gasteiger charge is 2.25. The van der Waals surface area contributed by atoms with Crippen molar-refractivity contribution in [1.82, 2.24) is 38.7 Å². The second-order valence-electron chi connectivity index (χ2n) is 10.4. The van der Waals surface area contributed by atoms with Crippen LogP contribution in [0.3, 0.4) is 0 Å². The summed E-state index contributed by atoms with van der Waals surface area (Å²) in [5, 5.41) is 3.12. The fourth-order valence-corrected chi connectivity index (χ4v) is 6.26. The lowest BCUT2D eigenvalue weighted by Gasteiger charge is -1.97. The second kappa shape index (κ2) is 8.23. The van der Waals surface area contributed by atoms with Gasteiger partial charge in [0.15, 0.2) is 45.9 Å². The van der Waals surface area contributed by atoms with Crippen LogP contribution in [-0.4, -0.2) is 38.7 Å². The van der Waals surface area contributed by atoms with Gasteiger partial charge in [-0.1, -0.05) is 104 Å². The molecular weight excluding hydrogens is 536 g/mol. The summed E-state index contributed by atoms with van der Waals surface area (Å²) < 4.78 is 3.12. The molecule has 0 unspecified atom stereocenters. The van der Waals surface area contributed by atoms with Crippen molar-refractivity contribution < 1.29 is 0 Å². The highest BCUT2D eigenvalue weighted by molar-refractivity contribution is 6.07. The average molecular weight is 557 g/mol. The van der Waals surface area contributed by atoms with Gasteiger partial charge in [0.05, 0.1) is 0 Å². The van der Waals surface area contributed by atoms with Gasteiger partial charge in [-0.3, -0.25) is 0 Å². The van der Waals surface area contributed by atoms with E-state index in [2.05, 4.69) is 0 Å². The number of aromatic nitrogens is 8. The molecule has 0 fully saturated rings. The Morgan fingerprint density at radius 2 is 0.628 bits per heavy atom. The minimum Gasteiger partial charge on any atom is -0.247 e. The molecule has 9 nitrogen and oxygen atoms in total. The van der Waals surface area contributed by atoms with Gasteiger partial charge in [0.1, 0.15) is 0 Å². The van der Waals surface area contributed by atoms with Gasteiger partial charge in [0.25, 0.3) is 0 Å². The minimum absolute atomic E-state index is 0. The van der Waals surface area contributed by atoms with Gasteiger partial charge < -0.3 is 0 Å². The van der Waals surface area contributed by atoms with Crippen LogP contribution in [0.1, 0.15) is 7.43 Å². The van der Waals surface area contributed by atoms with Crippen molar-refractivity contribution in [3.63, 3.8) is 0 Å². The van der Waals surface area contributed by atoms with E-state index in [1.54, 1.807) is 8.80 Å². The summed E-state index contributed by atoms with van der Waals surface area (Å²) in [5.74, 6) is 1.98. The van der Waals surface area contributed by atoms with Crippen molar-refractivity contribution in [2.45, 2.75) is 7.43 Å². The molecule has 0 saturated carbocycles. The second-order valence-corrected chi connectivity index (χ2v) is 10.4. The van der Waals surface area contributed by atoms with Crippen LogP contribution in [0.25, 0.3) is 89.7 Å². The first kappa shape index (κ1) is 23.6. The number of benzene rings is 4. The predicted molar refractivity (Wildman–Crippen MR) is 167 cm³/mol. The smallest absolute Gasteiger partial charge is 0.247 e. The lowest BCUT2D eigenvalue weighted by molar-refractivity contribution is 0.962. The van der Waals surface area contributed by atoms with Crippen LogP contribution >= 0.6 is 0 Å². The maximum atomic E-state index is 15.0. The lowest BCUT2D eigenvalue weighted by Crippen LogP contribution is -2.20. The Kier molecular flexibility index (Phi) is 4.52. The molecule has 0 radical (unpaired) electrons. The van der Waals surface area contributed by atoms with E-state index in [4.69, 9.17) is 29.9 Å². The van der Waals surface area contributed by atoms with Crippen molar-refractivity contribution in [1.29, 1.82) is 0 Å². The SMILES string of the molecule is C.O=c1n2c3nc4nc(nc5c6ccccc6c(nc6nc(nc2c2ccccc23)-c2ccccc2-6)n15)-c1ccccc1-4. The van der Waals surface area contributed by atoms with Crippen molar-refractivity contribution in [3.8, 4) is 45.6 Å². The molecule has 202 valence electrons. The van der Waals surface area contributed by atoms with Crippen LogP contribution in [0.15, 0.2) is 102 Å². The quantitative estimate of drug-likeness (QED) is 0.212. The minimum atomic E-state index is -0.379. The molecule has 4 aromatic carbocycles. The Hall–Kier alpha value is -6.09. The Balaban J connectivity index is 0.00000260. The molecule has 0 amide bonds. The number of hydrogen-bond donors (Lipinski definition) is 0. The van der Waals surface area contributed by atoms with Crippen molar-refractivity contribution in [2.75, 3.05) is 0 Å². The summed E-state index contributed by atoms with van der Waals surface area (Å²) >= 11 is 0. The first-order chi connectivity index (χ1) is 20.7. The molecule has 4 aromatic heterocycles.